The Morgan fingerprint density at radius 2 is 1.94 bits per heavy atom. The van der Waals surface area contributed by atoms with Crippen molar-refractivity contribution >= 4 is 29.2 Å². The molecular formula is C25H23N5O3. The summed E-state index contributed by atoms with van der Waals surface area (Å²) >= 11 is 0. The van der Waals surface area contributed by atoms with Gasteiger partial charge in [-0.1, -0.05) is 12.1 Å². The Morgan fingerprint density at radius 1 is 1.06 bits per heavy atom. The van der Waals surface area contributed by atoms with Gasteiger partial charge in [0.2, 0.25) is 0 Å². The number of carbonyl (C=O) groups is 2. The second-order valence-electron chi connectivity index (χ2n) is 7.97. The van der Waals surface area contributed by atoms with Gasteiger partial charge in [0.15, 0.2) is 0 Å². The number of rotatable bonds is 3. The number of hydrogen-bond donors (Lipinski definition) is 1. The lowest BCUT2D eigenvalue weighted by molar-refractivity contribution is 0.0984. The molecule has 0 spiro atoms. The van der Waals surface area contributed by atoms with Gasteiger partial charge in [0.05, 0.1) is 24.6 Å². The van der Waals surface area contributed by atoms with Crippen LogP contribution >= 0.6 is 0 Å². The molecule has 4 heterocycles. The topological polar surface area (TPSA) is 88.8 Å². The largest absolute Gasteiger partial charge is 0.453 e. The minimum absolute atomic E-state index is 0.0288. The van der Waals surface area contributed by atoms with Gasteiger partial charge in [0.1, 0.15) is 11.5 Å². The molecule has 1 N–H and O–H groups in total. The van der Waals surface area contributed by atoms with E-state index in [1.165, 1.54) is 18.2 Å². The van der Waals surface area contributed by atoms with E-state index in [0.29, 0.717) is 17.9 Å². The molecule has 0 aliphatic carbocycles. The van der Waals surface area contributed by atoms with Crippen LogP contribution in [-0.2, 0) is 11.2 Å². The molecular weight excluding hydrogens is 418 g/mol. The van der Waals surface area contributed by atoms with Gasteiger partial charge in [-0.15, -0.1) is 0 Å². The molecule has 0 unspecified atom stereocenters. The minimum Gasteiger partial charge on any atom is -0.453 e. The van der Waals surface area contributed by atoms with E-state index in [4.69, 9.17) is 0 Å². The molecule has 5 rings (SSSR count). The Bertz CT molecular complexity index is 1360. The van der Waals surface area contributed by atoms with E-state index in [9.17, 15) is 9.59 Å². The number of nitrogens with zero attached hydrogens (tertiary/aromatic N) is 4. The van der Waals surface area contributed by atoms with Gasteiger partial charge in [-0.2, -0.15) is 0 Å². The molecule has 166 valence electrons. The zero-order valence-electron chi connectivity index (χ0n) is 18.4. The van der Waals surface area contributed by atoms with Gasteiger partial charge >= 0.3 is 6.09 Å². The van der Waals surface area contributed by atoms with E-state index in [-0.39, 0.29) is 5.91 Å². The number of aryl methyl sites for hydroxylation is 1. The average molecular weight is 441 g/mol. The number of pyridine rings is 2. The van der Waals surface area contributed by atoms with Crippen LogP contribution < -0.4 is 10.2 Å². The highest BCUT2D eigenvalue weighted by atomic mass is 16.5. The van der Waals surface area contributed by atoms with Crippen molar-refractivity contribution in [2.45, 2.75) is 19.8 Å². The number of methoxy groups -OCH3 is 1. The van der Waals surface area contributed by atoms with Crippen molar-refractivity contribution in [2.24, 2.45) is 0 Å². The van der Waals surface area contributed by atoms with Crippen molar-refractivity contribution < 1.29 is 14.3 Å². The summed E-state index contributed by atoms with van der Waals surface area (Å²) in [6.07, 6.45) is 6.57. The highest BCUT2D eigenvalue weighted by Crippen LogP contribution is 2.31. The molecule has 4 aromatic rings. The number of anilines is 2. The van der Waals surface area contributed by atoms with Crippen LogP contribution in [0, 0.1) is 6.92 Å². The molecule has 0 radical (unpaired) electrons. The van der Waals surface area contributed by atoms with E-state index in [1.54, 1.807) is 18.5 Å². The van der Waals surface area contributed by atoms with Crippen LogP contribution in [0.4, 0.5) is 16.3 Å². The highest BCUT2D eigenvalue weighted by Gasteiger charge is 2.25. The molecule has 33 heavy (non-hydrogen) atoms. The first-order valence-corrected chi connectivity index (χ1v) is 10.7. The van der Waals surface area contributed by atoms with E-state index in [0.717, 1.165) is 35.4 Å². The summed E-state index contributed by atoms with van der Waals surface area (Å²) in [6.45, 7) is 2.79. The molecule has 1 aliphatic rings. The second-order valence-corrected chi connectivity index (χ2v) is 7.97. The maximum absolute atomic E-state index is 13.5. The molecule has 0 bridgehead atoms. The van der Waals surface area contributed by atoms with Crippen LogP contribution in [0.15, 0.2) is 61.1 Å². The second kappa shape index (κ2) is 8.38. The van der Waals surface area contributed by atoms with Crippen LogP contribution in [0.5, 0.6) is 0 Å². The maximum Gasteiger partial charge on any atom is 0.412 e. The summed E-state index contributed by atoms with van der Waals surface area (Å²) in [5, 5.41) is 2.53. The Labute approximate surface area is 190 Å². The van der Waals surface area contributed by atoms with E-state index in [2.05, 4.69) is 33.0 Å². The van der Waals surface area contributed by atoms with Crippen LogP contribution in [0.3, 0.4) is 0 Å². The van der Waals surface area contributed by atoms with Crippen LogP contribution in [0.1, 0.15) is 27.9 Å². The number of hydrogen-bond acceptors (Lipinski definition) is 5. The number of carbonyl (C=O) groups excluding carboxylic acids is 2. The summed E-state index contributed by atoms with van der Waals surface area (Å²) in [5.74, 6) is 0.355. The number of ether oxygens (including phenoxy) is 1. The Balaban J connectivity index is 1.48. The molecule has 1 aliphatic heterocycles. The van der Waals surface area contributed by atoms with Gasteiger partial charge < -0.3 is 9.64 Å². The third kappa shape index (κ3) is 3.80. The first-order valence-electron chi connectivity index (χ1n) is 10.7. The molecule has 0 saturated heterocycles. The zero-order chi connectivity index (χ0) is 22.9. The van der Waals surface area contributed by atoms with Crippen molar-refractivity contribution in [3.63, 3.8) is 0 Å². The summed E-state index contributed by atoms with van der Waals surface area (Å²) in [5.41, 5.74) is 6.38. The highest BCUT2D eigenvalue weighted by molar-refractivity contribution is 6.07. The van der Waals surface area contributed by atoms with Crippen molar-refractivity contribution in [1.82, 2.24) is 14.4 Å². The SMILES string of the molecule is COC(=O)Nc1ccc(-c2cnc3ccc(C(=O)N4CCCc5c(C)cccc54)cn23)cn1. The number of nitrogens with one attached hydrogen (secondary N) is 1. The monoisotopic (exact) mass is 441 g/mol. The lowest BCUT2D eigenvalue weighted by Gasteiger charge is -2.30. The molecule has 8 nitrogen and oxygen atoms in total. The predicted octanol–water partition coefficient (Wildman–Crippen LogP) is 4.48. The van der Waals surface area contributed by atoms with Gasteiger partial charge in [-0.05, 0) is 61.2 Å². The van der Waals surface area contributed by atoms with Crippen LogP contribution in [-0.4, -0.2) is 40.0 Å². The number of benzene rings is 1. The predicted molar refractivity (Wildman–Crippen MR) is 126 cm³/mol. The lowest BCUT2D eigenvalue weighted by Crippen LogP contribution is -2.35. The van der Waals surface area contributed by atoms with Crippen molar-refractivity contribution in [3.8, 4) is 11.3 Å². The maximum atomic E-state index is 13.5. The lowest BCUT2D eigenvalue weighted by atomic mass is 9.96. The van der Waals surface area contributed by atoms with Crippen LogP contribution in [0.25, 0.3) is 16.9 Å². The van der Waals surface area contributed by atoms with Crippen molar-refractivity contribution in [3.05, 3.63) is 77.7 Å². The van der Waals surface area contributed by atoms with E-state index in [1.807, 2.05) is 45.8 Å². The van der Waals surface area contributed by atoms with Crippen molar-refractivity contribution in [2.75, 3.05) is 23.9 Å². The van der Waals surface area contributed by atoms with Crippen LogP contribution in [0.2, 0.25) is 0 Å². The molecule has 2 amide bonds. The molecule has 3 aromatic heterocycles. The number of fused-ring (bicyclic) bond motifs is 2. The Kier molecular flexibility index (Phi) is 5.26. The number of amides is 2. The fraction of sp³-hybridized carbons (Fsp3) is 0.200. The fourth-order valence-electron chi connectivity index (χ4n) is 4.26. The smallest absolute Gasteiger partial charge is 0.412 e. The van der Waals surface area contributed by atoms with Gasteiger partial charge in [0, 0.05) is 30.2 Å². The summed E-state index contributed by atoms with van der Waals surface area (Å²) in [4.78, 5) is 35.5. The molecule has 1 aromatic carbocycles. The fourth-order valence-corrected chi connectivity index (χ4v) is 4.26. The average Bonchev–Trinajstić information content (AvgIpc) is 3.27. The van der Waals surface area contributed by atoms with Gasteiger partial charge in [-0.25, -0.2) is 14.8 Å². The normalized spacial score (nSPS) is 13.0. The summed E-state index contributed by atoms with van der Waals surface area (Å²) in [7, 11) is 1.30. The van der Waals surface area contributed by atoms with E-state index < -0.39 is 6.09 Å². The Hall–Kier alpha value is -4.20. The first kappa shape index (κ1) is 20.7. The minimum atomic E-state index is -0.581. The van der Waals surface area contributed by atoms with Crippen molar-refractivity contribution in [1.29, 1.82) is 0 Å². The number of aromatic nitrogens is 3. The third-order valence-corrected chi connectivity index (χ3v) is 5.96. The van der Waals surface area contributed by atoms with Gasteiger partial charge in [-0.3, -0.25) is 14.5 Å². The summed E-state index contributed by atoms with van der Waals surface area (Å²) in [6, 6.07) is 13.3. The van der Waals surface area contributed by atoms with Gasteiger partial charge in [0.25, 0.3) is 5.91 Å². The zero-order valence-corrected chi connectivity index (χ0v) is 18.4. The number of imidazole rings is 1. The quantitative estimate of drug-likeness (QED) is 0.507. The molecule has 0 atom stereocenters. The third-order valence-electron chi connectivity index (χ3n) is 5.96. The standard InChI is InChI=1S/C25H23N5O3/c1-16-5-3-7-20-19(16)6-4-12-29(20)24(31)18-9-11-23-27-14-21(30(23)15-18)17-8-10-22(26-13-17)28-25(32)33-2/h3,5,7-11,13-15H,4,6,12H2,1-2H3,(H,26,28,32). The molecule has 0 saturated carbocycles. The van der Waals surface area contributed by atoms with E-state index >= 15 is 0 Å². The summed E-state index contributed by atoms with van der Waals surface area (Å²) < 4.78 is 6.48. The first-order chi connectivity index (χ1) is 16.0. The Morgan fingerprint density at radius 3 is 2.73 bits per heavy atom. The molecule has 8 heteroatoms. The molecule has 0 fully saturated rings.